The van der Waals surface area contributed by atoms with Gasteiger partial charge in [0.25, 0.3) is 0 Å². The van der Waals surface area contributed by atoms with Crippen molar-refractivity contribution >= 4 is 5.91 Å². The number of hydrogen-bond acceptors (Lipinski definition) is 2. The molecule has 1 aromatic heterocycles. The third-order valence-corrected chi connectivity index (χ3v) is 3.14. The maximum Gasteiger partial charge on any atom is 0.224 e. The van der Waals surface area contributed by atoms with Gasteiger partial charge < -0.3 is 15.2 Å². The van der Waals surface area contributed by atoms with Gasteiger partial charge in [0.2, 0.25) is 5.91 Å². The van der Waals surface area contributed by atoms with Crippen molar-refractivity contribution in [2.75, 3.05) is 20.1 Å². The van der Waals surface area contributed by atoms with Gasteiger partial charge in [0.1, 0.15) is 0 Å². The SMILES string of the molecule is CNCCC(=O)N1CCCC1c1ccc[nH]1. The van der Waals surface area contributed by atoms with E-state index in [0.29, 0.717) is 6.42 Å². The molecule has 1 aromatic rings. The molecule has 2 heterocycles. The summed E-state index contributed by atoms with van der Waals surface area (Å²) in [5.41, 5.74) is 1.16. The molecule has 0 spiro atoms. The first-order valence-electron chi connectivity index (χ1n) is 5.90. The number of H-pyrrole nitrogens is 1. The Kier molecular flexibility index (Phi) is 3.62. The molecule has 2 rings (SSSR count). The molecule has 1 atom stereocenters. The molecule has 16 heavy (non-hydrogen) atoms. The first-order chi connectivity index (χ1) is 7.83. The Labute approximate surface area is 96.0 Å². The summed E-state index contributed by atoms with van der Waals surface area (Å²) in [5.74, 6) is 0.256. The summed E-state index contributed by atoms with van der Waals surface area (Å²) in [6, 6.07) is 4.32. The molecule has 4 nitrogen and oxygen atoms in total. The van der Waals surface area contributed by atoms with Gasteiger partial charge in [0.15, 0.2) is 0 Å². The average Bonchev–Trinajstić information content (AvgIpc) is 2.94. The molecule has 0 radical (unpaired) electrons. The Morgan fingerprint density at radius 1 is 1.69 bits per heavy atom. The molecule has 0 aliphatic carbocycles. The van der Waals surface area contributed by atoms with Gasteiger partial charge in [-0.15, -0.1) is 0 Å². The Morgan fingerprint density at radius 3 is 3.25 bits per heavy atom. The molecular weight excluding hydrogens is 202 g/mol. The van der Waals surface area contributed by atoms with Crippen molar-refractivity contribution in [3.63, 3.8) is 0 Å². The van der Waals surface area contributed by atoms with E-state index in [1.54, 1.807) is 0 Å². The summed E-state index contributed by atoms with van der Waals surface area (Å²) < 4.78 is 0. The Balaban J connectivity index is 2.01. The van der Waals surface area contributed by atoms with E-state index in [2.05, 4.69) is 16.4 Å². The topological polar surface area (TPSA) is 48.1 Å². The number of carbonyl (C=O) groups excluding carboxylic acids is 1. The smallest absolute Gasteiger partial charge is 0.224 e. The van der Waals surface area contributed by atoms with Crippen molar-refractivity contribution in [1.29, 1.82) is 0 Å². The molecule has 0 saturated carbocycles. The number of rotatable bonds is 4. The van der Waals surface area contributed by atoms with Crippen molar-refractivity contribution < 1.29 is 4.79 Å². The van der Waals surface area contributed by atoms with E-state index in [-0.39, 0.29) is 11.9 Å². The van der Waals surface area contributed by atoms with Crippen LogP contribution in [-0.2, 0) is 4.79 Å². The van der Waals surface area contributed by atoms with Crippen LogP contribution >= 0.6 is 0 Å². The van der Waals surface area contributed by atoms with Crippen LogP contribution in [-0.4, -0.2) is 35.9 Å². The highest BCUT2D eigenvalue weighted by atomic mass is 16.2. The van der Waals surface area contributed by atoms with Crippen molar-refractivity contribution in [3.8, 4) is 0 Å². The summed E-state index contributed by atoms with van der Waals surface area (Å²) in [6.45, 7) is 1.65. The standard InChI is InChI=1S/C12H19N3O/c1-13-8-6-12(16)15-9-3-5-11(15)10-4-2-7-14-10/h2,4,7,11,13-14H,3,5-6,8-9H2,1H3. The van der Waals surface area contributed by atoms with Crippen LogP contribution in [0, 0.1) is 0 Å². The first kappa shape index (κ1) is 11.2. The zero-order chi connectivity index (χ0) is 11.4. The van der Waals surface area contributed by atoms with E-state index in [1.807, 2.05) is 24.2 Å². The van der Waals surface area contributed by atoms with Gasteiger partial charge in [-0.2, -0.15) is 0 Å². The molecule has 0 bridgehead atoms. The van der Waals surface area contributed by atoms with Crippen LogP contribution in [0.2, 0.25) is 0 Å². The number of nitrogens with one attached hydrogen (secondary N) is 2. The van der Waals surface area contributed by atoms with Crippen LogP contribution in [0.15, 0.2) is 18.3 Å². The molecule has 1 aliphatic rings. The molecular formula is C12H19N3O. The molecule has 1 aliphatic heterocycles. The molecule has 2 N–H and O–H groups in total. The minimum atomic E-state index is 0.256. The zero-order valence-electron chi connectivity index (χ0n) is 9.70. The molecule has 88 valence electrons. The van der Waals surface area contributed by atoms with Gasteiger partial charge in [0, 0.05) is 31.4 Å². The van der Waals surface area contributed by atoms with Crippen LogP contribution in [0.3, 0.4) is 0 Å². The van der Waals surface area contributed by atoms with Crippen LogP contribution in [0.25, 0.3) is 0 Å². The summed E-state index contributed by atoms with van der Waals surface area (Å²) in [6.07, 6.45) is 4.69. The van der Waals surface area contributed by atoms with Gasteiger partial charge in [-0.05, 0) is 32.0 Å². The van der Waals surface area contributed by atoms with E-state index in [4.69, 9.17) is 0 Å². The normalized spacial score (nSPS) is 20.3. The van der Waals surface area contributed by atoms with E-state index in [9.17, 15) is 4.79 Å². The van der Waals surface area contributed by atoms with Gasteiger partial charge >= 0.3 is 0 Å². The van der Waals surface area contributed by atoms with Crippen molar-refractivity contribution in [2.45, 2.75) is 25.3 Å². The minimum absolute atomic E-state index is 0.256. The molecule has 0 aromatic carbocycles. The van der Waals surface area contributed by atoms with E-state index in [0.717, 1.165) is 31.6 Å². The van der Waals surface area contributed by atoms with Crippen LogP contribution in [0.4, 0.5) is 0 Å². The number of hydrogen-bond donors (Lipinski definition) is 2. The second-order valence-corrected chi connectivity index (χ2v) is 4.22. The lowest BCUT2D eigenvalue weighted by Crippen LogP contribution is -2.32. The van der Waals surface area contributed by atoms with Crippen LogP contribution in [0.1, 0.15) is 31.0 Å². The summed E-state index contributed by atoms with van der Waals surface area (Å²) in [4.78, 5) is 17.2. The first-order valence-corrected chi connectivity index (χ1v) is 5.90. The number of amides is 1. The molecule has 1 saturated heterocycles. The van der Waals surface area contributed by atoms with Gasteiger partial charge in [-0.25, -0.2) is 0 Å². The summed E-state index contributed by atoms with van der Waals surface area (Å²) in [5, 5.41) is 3.02. The second kappa shape index (κ2) is 5.16. The van der Waals surface area contributed by atoms with Crippen molar-refractivity contribution in [2.24, 2.45) is 0 Å². The fourth-order valence-electron chi connectivity index (χ4n) is 2.32. The van der Waals surface area contributed by atoms with E-state index < -0.39 is 0 Å². The van der Waals surface area contributed by atoms with Gasteiger partial charge in [-0.1, -0.05) is 0 Å². The van der Waals surface area contributed by atoms with Crippen molar-refractivity contribution in [1.82, 2.24) is 15.2 Å². The fourth-order valence-corrected chi connectivity index (χ4v) is 2.32. The lowest BCUT2D eigenvalue weighted by molar-refractivity contribution is -0.132. The fraction of sp³-hybridized carbons (Fsp3) is 0.583. The summed E-state index contributed by atoms with van der Waals surface area (Å²) >= 11 is 0. The van der Waals surface area contributed by atoms with Crippen LogP contribution < -0.4 is 5.32 Å². The highest BCUT2D eigenvalue weighted by molar-refractivity contribution is 5.77. The van der Waals surface area contributed by atoms with Crippen LogP contribution in [0.5, 0.6) is 0 Å². The third kappa shape index (κ3) is 2.27. The Hall–Kier alpha value is -1.29. The Bertz CT molecular complexity index is 334. The number of aromatic nitrogens is 1. The lowest BCUT2D eigenvalue weighted by atomic mass is 10.1. The highest BCUT2D eigenvalue weighted by Crippen LogP contribution is 2.31. The largest absolute Gasteiger partial charge is 0.363 e. The maximum atomic E-state index is 12.0. The highest BCUT2D eigenvalue weighted by Gasteiger charge is 2.29. The number of aromatic amines is 1. The Morgan fingerprint density at radius 2 is 2.56 bits per heavy atom. The number of likely N-dealkylation sites (tertiary alicyclic amines) is 1. The van der Waals surface area contributed by atoms with E-state index in [1.165, 1.54) is 0 Å². The van der Waals surface area contributed by atoms with E-state index >= 15 is 0 Å². The monoisotopic (exact) mass is 221 g/mol. The molecule has 4 heteroatoms. The minimum Gasteiger partial charge on any atom is -0.363 e. The number of carbonyl (C=O) groups is 1. The average molecular weight is 221 g/mol. The predicted octanol–water partition coefficient (Wildman–Crippen LogP) is 1.29. The molecule has 1 unspecified atom stereocenters. The second-order valence-electron chi connectivity index (χ2n) is 4.22. The van der Waals surface area contributed by atoms with Gasteiger partial charge in [-0.3, -0.25) is 4.79 Å². The maximum absolute atomic E-state index is 12.0. The molecule has 1 fully saturated rings. The zero-order valence-corrected chi connectivity index (χ0v) is 9.70. The quantitative estimate of drug-likeness (QED) is 0.805. The predicted molar refractivity (Wildman–Crippen MR) is 63.0 cm³/mol. The summed E-state index contributed by atoms with van der Waals surface area (Å²) in [7, 11) is 1.87. The number of nitrogens with zero attached hydrogens (tertiary/aromatic N) is 1. The molecule has 1 amide bonds. The van der Waals surface area contributed by atoms with Gasteiger partial charge in [0.05, 0.1) is 6.04 Å². The van der Waals surface area contributed by atoms with Crippen molar-refractivity contribution in [3.05, 3.63) is 24.0 Å². The third-order valence-electron chi connectivity index (χ3n) is 3.14. The lowest BCUT2D eigenvalue weighted by Gasteiger charge is -2.24.